The quantitative estimate of drug-likeness (QED) is 0.742. The molecule has 1 aromatic carbocycles. The fourth-order valence-electron chi connectivity index (χ4n) is 1.50. The lowest BCUT2D eigenvalue weighted by atomic mass is 10.1. The van der Waals surface area contributed by atoms with Gasteiger partial charge in [-0.1, -0.05) is 6.92 Å². The van der Waals surface area contributed by atoms with Gasteiger partial charge in [0.25, 0.3) is 0 Å². The highest BCUT2D eigenvalue weighted by atomic mass is 19.1. The van der Waals surface area contributed by atoms with Gasteiger partial charge in [-0.3, -0.25) is 4.79 Å². The van der Waals surface area contributed by atoms with Gasteiger partial charge in [0.2, 0.25) is 0 Å². The van der Waals surface area contributed by atoms with Crippen LogP contribution in [0.4, 0.5) is 4.39 Å². The average molecular weight is 218 g/mol. The van der Waals surface area contributed by atoms with Gasteiger partial charge in [-0.2, -0.15) is 0 Å². The molecule has 0 spiro atoms. The zero-order chi connectivity index (χ0) is 11.5. The van der Waals surface area contributed by atoms with Crippen LogP contribution in [0.15, 0.2) is 36.9 Å². The van der Waals surface area contributed by atoms with Crippen LogP contribution >= 0.6 is 0 Å². The summed E-state index contributed by atoms with van der Waals surface area (Å²) in [7, 11) is 0. The third-order valence-electron chi connectivity index (χ3n) is 2.37. The van der Waals surface area contributed by atoms with Crippen LogP contribution in [0.3, 0.4) is 0 Å². The van der Waals surface area contributed by atoms with Crippen LogP contribution in [0.5, 0.6) is 0 Å². The highest BCUT2D eigenvalue weighted by Crippen LogP contribution is 2.15. The minimum Gasteiger partial charge on any atom is -0.303 e. The topological polar surface area (TPSA) is 34.9 Å². The summed E-state index contributed by atoms with van der Waals surface area (Å²) >= 11 is 0. The van der Waals surface area contributed by atoms with Crippen LogP contribution in [0, 0.1) is 5.82 Å². The lowest BCUT2D eigenvalue weighted by molar-refractivity contribution is 0.0987. The summed E-state index contributed by atoms with van der Waals surface area (Å²) in [6.45, 7) is 1.75. The fraction of sp³-hybridized carbons (Fsp3) is 0.167. The molecule has 0 atom stereocenters. The third kappa shape index (κ3) is 1.86. The number of halogens is 1. The van der Waals surface area contributed by atoms with Crippen molar-refractivity contribution in [3.63, 3.8) is 0 Å². The van der Waals surface area contributed by atoms with Crippen LogP contribution in [-0.4, -0.2) is 15.3 Å². The normalized spacial score (nSPS) is 10.4. The van der Waals surface area contributed by atoms with Crippen molar-refractivity contribution >= 4 is 5.78 Å². The Kier molecular flexibility index (Phi) is 2.81. The summed E-state index contributed by atoms with van der Waals surface area (Å²) in [5, 5.41) is 0. The maximum atomic E-state index is 13.7. The standard InChI is InChI=1S/C12H11FN2O/c1-2-12(16)9-3-4-11(10(13)7-9)15-6-5-14-8-15/h3-8H,2H2,1H3. The van der Waals surface area contributed by atoms with Crippen LogP contribution < -0.4 is 0 Å². The first-order chi connectivity index (χ1) is 7.72. The Labute approximate surface area is 92.5 Å². The van der Waals surface area contributed by atoms with E-state index in [1.807, 2.05) is 0 Å². The summed E-state index contributed by atoms with van der Waals surface area (Å²) in [6, 6.07) is 4.48. The number of benzene rings is 1. The van der Waals surface area contributed by atoms with Gasteiger partial charge in [-0.15, -0.1) is 0 Å². The van der Waals surface area contributed by atoms with Gasteiger partial charge in [0.05, 0.1) is 12.0 Å². The predicted molar refractivity (Wildman–Crippen MR) is 58.1 cm³/mol. The van der Waals surface area contributed by atoms with E-state index in [2.05, 4.69) is 4.98 Å². The molecule has 2 aromatic rings. The van der Waals surface area contributed by atoms with Gasteiger partial charge in [-0.25, -0.2) is 9.37 Å². The molecule has 2 rings (SSSR count). The van der Waals surface area contributed by atoms with E-state index in [4.69, 9.17) is 0 Å². The molecule has 3 nitrogen and oxygen atoms in total. The summed E-state index contributed by atoms with van der Waals surface area (Å²) in [5.41, 5.74) is 0.800. The van der Waals surface area contributed by atoms with Gasteiger partial charge >= 0.3 is 0 Å². The number of ketones is 1. The molecule has 0 aliphatic rings. The van der Waals surface area contributed by atoms with E-state index in [1.54, 1.807) is 36.0 Å². The van der Waals surface area contributed by atoms with Crippen molar-refractivity contribution < 1.29 is 9.18 Å². The van der Waals surface area contributed by atoms with E-state index in [0.29, 0.717) is 17.7 Å². The molecule has 0 radical (unpaired) electrons. The summed E-state index contributed by atoms with van der Waals surface area (Å²) < 4.78 is 15.3. The molecule has 1 aromatic heterocycles. The monoisotopic (exact) mass is 218 g/mol. The molecule has 82 valence electrons. The Hall–Kier alpha value is -1.97. The zero-order valence-corrected chi connectivity index (χ0v) is 8.85. The van der Waals surface area contributed by atoms with Gasteiger partial charge in [0, 0.05) is 24.4 Å². The van der Waals surface area contributed by atoms with Gasteiger partial charge < -0.3 is 4.57 Å². The predicted octanol–water partition coefficient (Wildman–Crippen LogP) is 2.60. The summed E-state index contributed by atoms with van der Waals surface area (Å²) in [4.78, 5) is 15.2. The second-order valence-electron chi connectivity index (χ2n) is 3.41. The smallest absolute Gasteiger partial charge is 0.162 e. The number of rotatable bonds is 3. The van der Waals surface area contributed by atoms with E-state index in [0.717, 1.165) is 0 Å². The van der Waals surface area contributed by atoms with Crippen LogP contribution in [-0.2, 0) is 0 Å². The number of aromatic nitrogens is 2. The molecule has 0 N–H and O–H groups in total. The first-order valence-electron chi connectivity index (χ1n) is 5.03. The summed E-state index contributed by atoms with van der Waals surface area (Å²) in [6.07, 6.45) is 5.12. The van der Waals surface area contributed by atoms with E-state index in [-0.39, 0.29) is 5.78 Å². The maximum Gasteiger partial charge on any atom is 0.162 e. The molecule has 16 heavy (non-hydrogen) atoms. The van der Waals surface area contributed by atoms with Crippen molar-refractivity contribution in [2.45, 2.75) is 13.3 Å². The largest absolute Gasteiger partial charge is 0.303 e. The first kappa shape index (κ1) is 10.5. The highest BCUT2D eigenvalue weighted by molar-refractivity contribution is 5.96. The van der Waals surface area contributed by atoms with E-state index < -0.39 is 5.82 Å². The molecular weight excluding hydrogens is 207 g/mol. The molecular formula is C12H11FN2O. The Morgan fingerprint density at radius 1 is 1.50 bits per heavy atom. The minimum absolute atomic E-state index is 0.0592. The van der Waals surface area contributed by atoms with Crippen molar-refractivity contribution in [2.75, 3.05) is 0 Å². The first-order valence-corrected chi connectivity index (χ1v) is 5.03. The minimum atomic E-state index is -0.419. The number of Topliss-reactive ketones (excluding diaryl/α,β-unsaturated/α-hetero) is 1. The maximum absolute atomic E-state index is 13.7. The lowest BCUT2D eigenvalue weighted by Crippen LogP contribution is -2.00. The second-order valence-corrected chi connectivity index (χ2v) is 3.41. The number of imidazole rings is 1. The van der Waals surface area contributed by atoms with Crippen LogP contribution in [0.25, 0.3) is 5.69 Å². The number of nitrogens with zero attached hydrogens (tertiary/aromatic N) is 2. The summed E-state index contributed by atoms with van der Waals surface area (Å²) in [5.74, 6) is -0.478. The highest BCUT2D eigenvalue weighted by Gasteiger charge is 2.08. The number of hydrogen-bond acceptors (Lipinski definition) is 2. The van der Waals surface area contributed by atoms with Crippen molar-refractivity contribution in [3.8, 4) is 5.69 Å². The molecule has 0 amide bonds. The third-order valence-corrected chi connectivity index (χ3v) is 2.37. The Bertz CT molecular complexity index is 506. The van der Waals surface area contributed by atoms with Gasteiger partial charge in [0.1, 0.15) is 5.82 Å². The fourth-order valence-corrected chi connectivity index (χ4v) is 1.50. The van der Waals surface area contributed by atoms with Crippen LogP contribution in [0.2, 0.25) is 0 Å². The molecule has 0 bridgehead atoms. The zero-order valence-electron chi connectivity index (χ0n) is 8.85. The van der Waals surface area contributed by atoms with Crippen molar-refractivity contribution in [2.24, 2.45) is 0 Å². The molecule has 4 heteroatoms. The second kappa shape index (κ2) is 4.26. The van der Waals surface area contributed by atoms with Crippen molar-refractivity contribution in [1.82, 2.24) is 9.55 Å². The van der Waals surface area contributed by atoms with Crippen molar-refractivity contribution in [3.05, 3.63) is 48.3 Å². The van der Waals surface area contributed by atoms with E-state index in [1.165, 1.54) is 12.4 Å². The van der Waals surface area contributed by atoms with E-state index in [9.17, 15) is 9.18 Å². The van der Waals surface area contributed by atoms with Crippen LogP contribution in [0.1, 0.15) is 23.7 Å². The molecule has 0 aliphatic heterocycles. The van der Waals surface area contributed by atoms with Gasteiger partial charge in [-0.05, 0) is 18.2 Å². The SMILES string of the molecule is CCC(=O)c1ccc(-n2ccnc2)c(F)c1. The molecule has 0 unspecified atom stereocenters. The molecule has 0 aliphatic carbocycles. The Morgan fingerprint density at radius 2 is 2.31 bits per heavy atom. The lowest BCUT2D eigenvalue weighted by Gasteiger charge is -2.05. The molecule has 0 saturated heterocycles. The molecule has 0 fully saturated rings. The number of carbonyl (C=O) groups is 1. The average Bonchev–Trinajstić information content (AvgIpc) is 2.81. The van der Waals surface area contributed by atoms with Gasteiger partial charge in [0.15, 0.2) is 5.78 Å². The van der Waals surface area contributed by atoms with Crippen molar-refractivity contribution in [1.29, 1.82) is 0 Å². The van der Waals surface area contributed by atoms with E-state index >= 15 is 0 Å². The molecule has 0 saturated carbocycles. The molecule has 1 heterocycles. The Morgan fingerprint density at radius 3 is 2.88 bits per heavy atom. The number of carbonyl (C=O) groups excluding carboxylic acids is 1. The number of hydrogen-bond donors (Lipinski definition) is 0. The Balaban J connectivity index is 2.41.